The number of rotatable bonds is 2. The molecule has 0 bridgehead atoms. The summed E-state index contributed by atoms with van der Waals surface area (Å²) in [4.78, 5) is 2.24. The Bertz CT molecular complexity index is 402. The normalized spacial score (nSPS) is 22.0. The summed E-state index contributed by atoms with van der Waals surface area (Å²) in [6.45, 7) is 3.38. The van der Waals surface area contributed by atoms with Crippen molar-refractivity contribution < 1.29 is 4.74 Å². The number of hydrogen-bond donors (Lipinski definition) is 1. The third kappa shape index (κ3) is 1.68. The van der Waals surface area contributed by atoms with Gasteiger partial charge in [0.1, 0.15) is 0 Å². The minimum Gasteiger partial charge on any atom is -0.378 e. The number of H-pyrrole nitrogens is 1. The standard InChI is InChI=1S/C9H14N4OS/c15-9-11-10-8(13(9)7-1-2-7)12-3-5-14-6-4-12/h7H,1-6H2,(H,11,15). The molecule has 1 saturated carbocycles. The van der Waals surface area contributed by atoms with Crippen molar-refractivity contribution >= 4 is 18.2 Å². The summed E-state index contributed by atoms with van der Waals surface area (Å²) in [7, 11) is 0. The van der Waals surface area contributed by atoms with E-state index in [0.29, 0.717) is 6.04 Å². The minimum absolute atomic E-state index is 0.578. The Morgan fingerprint density at radius 2 is 2.07 bits per heavy atom. The Hall–Kier alpha value is -0.880. The summed E-state index contributed by atoms with van der Waals surface area (Å²) in [6, 6.07) is 0.578. The number of aromatic nitrogens is 3. The van der Waals surface area contributed by atoms with Gasteiger partial charge >= 0.3 is 0 Å². The van der Waals surface area contributed by atoms with Crippen molar-refractivity contribution in [2.45, 2.75) is 18.9 Å². The molecule has 6 heteroatoms. The van der Waals surface area contributed by atoms with E-state index < -0.39 is 0 Å². The lowest BCUT2D eigenvalue weighted by atomic mass is 10.4. The van der Waals surface area contributed by atoms with Gasteiger partial charge in [-0.3, -0.25) is 4.57 Å². The summed E-state index contributed by atoms with van der Waals surface area (Å²) in [5.74, 6) is 0.991. The Kier molecular flexibility index (Phi) is 2.25. The molecule has 1 aromatic rings. The summed E-state index contributed by atoms with van der Waals surface area (Å²) < 4.78 is 8.23. The molecule has 5 nitrogen and oxygen atoms in total. The molecule has 0 atom stereocenters. The van der Waals surface area contributed by atoms with E-state index in [1.54, 1.807) is 0 Å². The molecular weight excluding hydrogens is 212 g/mol. The fourth-order valence-electron chi connectivity index (χ4n) is 1.94. The van der Waals surface area contributed by atoms with Gasteiger partial charge in [-0.15, -0.1) is 5.10 Å². The van der Waals surface area contributed by atoms with E-state index in [1.165, 1.54) is 12.8 Å². The van der Waals surface area contributed by atoms with Crippen LogP contribution >= 0.6 is 12.2 Å². The average molecular weight is 226 g/mol. The van der Waals surface area contributed by atoms with Crippen LogP contribution in [0.1, 0.15) is 18.9 Å². The van der Waals surface area contributed by atoms with Crippen LogP contribution in [0.5, 0.6) is 0 Å². The zero-order valence-electron chi connectivity index (χ0n) is 8.48. The van der Waals surface area contributed by atoms with Crippen LogP contribution < -0.4 is 4.90 Å². The van der Waals surface area contributed by atoms with Crippen molar-refractivity contribution in [2.24, 2.45) is 0 Å². The van der Waals surface area contributed by atoms with E-state index in [-0.39, 0.29) is 0 Å². The molecule has 0 unspecified atom stereocenters. The van der Waals surface area contributed by atoms with Gasteiger partial charge in [0.05, 0.1) is 13.2 Å². The molecule has 1 aliphatic carbocycles. The number of ether oxygens (including phenoxy) is 1. The lowest BCUT2D eigenvalue weighted by molar-refractivity contribution is 0.121. The summed E-state index contributed by atoms with van der Waals surface area (Å²) >= 11 is 5.25. The number of morpholine rings is 1. The molecule has 0 aromatic carbocycles. The molecule has 15 heavy (non-hydrogen) atoms. The van der Waals surface area contributed by atoms with Crippen LogP contribution in [0, 0.1) is 4.77 Å². The number of anilines is 1. The fourth-order valence-corrected chi connectivity index (χ4v) is 2.22. The van der Waals surface area contributed by atoms with E-state index in [0.717, 1.165) is 37.0 Å². The first-order valence-corrected chi connectivity index (χ1v) is 5.76. The second-order valence-corrected chi connectivity index (χ2v) is 4.42. The number of aromatic amines is 1. The second-order valence-electron chi connectivity index (χ2n) is 4.03. The van der Waals surface area contributed by atoms with Crippen LogP contribution in [-0.2, 0) is 4.74 Å². The predicted octanol–water partition coefficient (Wildman–Crippen LogP) is 1.11. The van der Waals surface area contributed by atoms with E-state index in [2.05, 4.69) is 19.7 Å². The van der Waals surface area contributed by atoms with Gasteiger partial charge in [-0.05, 0) is 25.1 Å². The maximum atomic E-state index is 5.33. The van der Waals surface area contributed by atoms with Gasteiger partial charge in [0.25, 0.3) is 0 Å². The molecular formula is C9H14N4OS. The van der Waals surface area contributed by atoms with Crippen LogP contribution in [-0.4, -0.2) is 41.1 Å². The third-order valence-electron chi connectivity index (χ3n) is 2.89. The van der Waals surface area contributed by atoms with Gasteiger partial charge < -0.3 is 9.64 Å². The van der Waals surface area contributed by atoms with Crippen molar-refractivity contribution in [1.29, 1.82) is 0 Å². The molecule has 1 aromatic heterocycles. The SMILES string of the molecule is S=c1[nH]nc(N2CCOCC2)n1C1CC1. The zero-order chi connectivity index (χ0) is 10.3. The fraction of sp³-hybridized carbons (Fsp3) is 0.778. The maximum Gasteiger partial charge on any atom is 0.226 e. The van der Waals surface area contributed by atoms with Crippen LogP contribution in [0.4, 0.5) is 5.95 Å². The van der Waals surface area contributed by atoms with Gasteiger partial charge in [-0.2, -0.15) is 0 Å². The molecule has 1 N–H and O–H groups in total. The van der Waals surface area contributed by atoms with Gasteiger partial charge in [0.15, 0.2) is 4.77 Å². The van der Waals surface area contributed by atoms with E-state index in [4.69, 9.17) is 17.0 Å². The molecule has 2 heterocycles. The van der Waals surface area contributed by atoms with Crippen molar-refractivity contribution in [2.75, 3.05) is 31.2 Å². The number of nitrogens with zero attached hydrogens (tertiary/aromatic N) is 3. The lowest BCUT2D eigenvalue weighted by Crippen LogP contribution is -2.38. The predicted molar refractivity (Wildman–Crippen MR) is 58.7 cm³/mol. The molecule has 0 radical (unpaired) electrons. The first kappa shape index (κ1) is 9.35. The van der Waals surface area contributed by atoms with Gasteiger partial charge in [-0.25, -0.2) is 5.10 Å². The van der Waals surface area contributed by atoms with Crippen molar-refractivity contribution in [3.8, 4) is 0 Å². The van der Waals surface area contributed by atoms with Crippen LogP contribution in [0.3, 0.4) is 0 Å². The molecule has 0 amide bonds. The molecule has 1 saturated heterocycles. The first-order valence-electron chi connectivity index (χ1n) is 5.36. The molecule has 82 valence electrons. The highest BCUT2D eigenvalue weighted by Gasteiger charge is 2.29. The monoisotopic (exact) mass is 226 g/mol. The first-order chi connectivity index (χ1) is 7.36. The highest BCUT2D eigenvalue weighted by molar-refractivity contribution is 7.71. The number of hydrogen-bond acceptors (Lipinski definition) is 4. The topological polar surface area (TPSA) is 46.1 Å². The zero-order valence-corrected chi connectivity index (χ0v) is 9.29. The smallest absolute Gasteiger partial charge is 0.226 e. The van der Waals surface area contributed by atoms with Crippen molar-refractivity contribution in [3.05, 3.63) is 4.77 Å². The van der Waals surface area contributed by atoms with Gasteiger partial charge in [-0.1, -0.05) is 0 Å². The second kappa shape index (κ2) is 3.61. The van der Waals surface area contributed by atoms with Gasteiger partial charge in [0, 0.05) is 19.1 Å². The lowest BCUT2D eigenvalue weighted by Gasteiger charge is -2.27. The summed E-state index contributed by atoms with van der Waals surface area (Å²) in [5, 5.41) is 7.21. The van der Waals surface area contributed by atoms with E-state index in [9.17, 15) is 0 Å². The minimum atomic E-state index is 0.578. The van der Waals surface area contributed by atoms with Crippen molar-refractivity contribution in [3.63, 3.8) is 0 Å². The Labute approximate surface area is 93.0 Å². The van der Waals surface area contributed by atoms with Crippen LogP contribution in [0.15, 0.2) is 0 Å². The molecule has 3 rings (SSSR count). The van der Waals surface area contributed by atoms with Gasteiger partial charge in [0.2, 0.25) is 5.95 Å². The summed E-state index contributed by atoms with van der Waals surface area (Å²) in [5.41, 5.74) is 0. The highest BCUT2D eigenvalue weighted by Crippen LogP contribution is 2.37. The summed E-state index contributed by atoms with van der Waals surface area (Å²) in [6.07, 6.45) is 2.45. The van der Waals surface area contributed by atoms with Crippen LogP contribution in [0.2, 0.25) is 0 Å². The largest absolute Gasteiger partial charge is 0.378 e. The molecule has 0 spiro atoms. The highest BCUT2D eigenvalue weighted by atomic mass is 32.1. The Morgan fingerprint density at radius 3 is 2.73 bits per heavy atom. The maximum absolute atomic E-state index is 5.33. The molecule has 2 fully saturated rings. The molecule has 1 aliphatic heterocycles. The van der Waals surface area contributed by atoms with Crippen molar-refractivity contribution in [1.82, 2.24) is 14.8 Å². The quantitative estimate of drug-likeness (QED) is 0.767. The number of nitrogens with one attached hydrogen (secondary N) is 1. The van der Waals surface area contributed by atoms with E-state index >= 15 is 0 Å². The average Bonchev–Trinajstić information content (AvgIpc) is 3.03. The Morgan fingerprint density at radius 1 is 1.33 bits per heavy atom. The van der Waals surface area contributed by atoms with E-state index in [1.807, 2.05) is 0 Å². The Balaban J connectivity index is 1.92. The third-order valence-corrected chi connectivity index (χ3v) is 3.18. The molecule has 2 aliphatic rings. The van der Waals surface area contributed by atoms with Crippen LogP contribution in [0.25, 0.3) is 0 Å².